The first kappa shape index (κ1) is 21.6. The van der Waals surface area contributed by atoms with Crippen molar-refractivity contribution in [1.82, 2.24) is 5.32 Å². The lowest BCUT2D eigenvalue weighted by molar-refractivity contribution is -0.144. The Morgan fingerprint density at radius 1 is 1.17 bits per heavy atom. The zero-order valence-corrected chi connectivity index (χ0v) is 18.1. The van der Waals surface area contributed by atoms with E-state index in [1.165, 1.54) is 7.11 Å². The Hall–Kier alpha value is -2.08. The maximum absolute atomic E-state index is 13.3. The Morgan fingerprint density at radius 2 is 1.90 bits per heavy atom. The van der Waals surface area contributed by atoms with Crippen LogP contribution in [0.2, 0.25) is 10.0 Å². The maximum atomic E-state index is 13.3. The second-order valence-electron chi connectivity index (χ2n) is 7.71. The molecule has 0 fully saturated rings. The standard InChI is InChI=1S/C22H24Cl2N2O3/c1-13(2)9-19(20(27)29-3)26-22(12-14-5-4-6-15(23)10-14)17-8-7-16(24)11-18(17)25-21(22)28/h4-8,10-11,13,19,26H,9,12H2,1-3H3,(H,25,28). The van der Waals surface area contributed by atoms with Gasteiger partial charge >= 0.3 is 5.97 Å². The summed E-state index contributed by atoms with van der Waals surface area (Å²) in [7, 11) is 1.35. The van der Waals surface area contributed by atoms with Crippen LogP contribution >= 0.6 is 23.2 Å². The molecule has 0 saturated heterocycles. The number of anilines is 1. The van der Waals surface area contributed by atoms with E-state index in [1.54, 1.807) is 18.2 Å². The summed E-state index contributed by atoms with van der Waals surface area (Å²) in [5.74, 6) is -0.421. The van der Waals surface area contributed by atoms with Crippen molar-refractivity contribution in [2.45, 2.75) is 38.3 Å². The van der Waals surface area contributed by atoms with Crippen LogP contribution < -0.4 is 10.6 Å². The summed E-state index contributed by atoms with van der Waals surface area (Å²) in [6.07, 6.45) is 0.847. The van der Waals surface area contributed by atoms with Crippen LogP contribution in [-0.4, -0.2) is 25.0 Å². The molecular formula is C22H24Cl2N2O3. The van der Waals surface area contributed by atoms with Crippen molar-refractivity contribution in [1.29, 1.82) is 0 Å². The Morgan fingerprint density at radius 3 is 2.55 bits per heavy atom. The van der Waals surface area contributed by atoms with Crippen LogP contribution in [0.3, 0.4) is 0 Å². The minimum Gasteiger partial charge on any atom is -0.468 e. The Kier molecular flexibility index (Phi) is 6.52. The van der Waals surface area contributed by atoms with Gasteiger partial charge in [-0.3, -0.25) is 14.9 Å². The number of carbonyl (C=O) groups is 2. The topological polar surface area (TPSA) is 67.4 Å². The number of esters is 1. The third kappa shape index (κ3) is 4.58. The van der Waals surface area contributed by atoms with Crippen molar-refractivity contribution in [3.05, 3.63) is 63.6 Å². The number of nitrogens with one attached hydrogen (secondary N) is 2. The molecule has 0 saturated carbocycles. The van der Waals surface area contributed by atoms with Gasteiger partial charge in [0.05, 0.1) is 7.11 Å². The van der Waals surface area contributed by atoms with E-state index in [0.717, 1.165) is 11.1 Å². The van der Waals surface area contributed by atoms with Crippen LogP contribution in [-0.2, 0) is 26.3 Å². The van der Waals surface area contributed by atoms with E-state index >= 15 is 0 Å². The predicted molar refractivity (Wildman–Crippen MR) is 115 cm³/mol. The summed E-state index contributed by atoms with van der Waals surface area (Å²) < 4.78 is 5.00. The van der Waals surface area contributed by atoms with Crippen LogP contribution in [0.1, 0.15) is 31.4 Å². The molecule has 1 amide bonds. The van der Waals surface area contributed by atoms with Gasteiger partial charge in [-0.15, -0.1) is 0 Å². The third-order valence-corrected chi connectivity index (χ3v) is 5.52. The minimum atomic E-state index is -1.15. The first-order valence-corrected chi connectivity index (χ1v) is 10.2. The molecule has 0 aliphatic carbocycles. The number of halogens is 2. The van der Waals surface area contributed by atoms with E-state index in [1.807, 2.05) is 38.1 Å². The molecule has 154 valence electrons. The molecule has 0 aromatic heterocycles. The molecule has 3 rings (SSSR count). The van der Waals surface area contributed by atoms with Crippen LogP contribution in [0, 0.1) is 5.92 Å². The number of benzene rings is 2. The van der Waals surface area contributed by atoms with E-state index in [2.05, 4.69) is 10.6 Å². The van der Waals surface area contributed by atoms with Gasteiger partial charge in [0, 0.05) is 27.7 Å². The Balaban J connectivity index is 2.09. The Labute approximate surface area is 180 Å². The Bertz CT molecular complexity index is 932. The van der Waals surface area contributed by atoms with E-state index in [4.69, 9.17) is 27.9 Å². The summed E-state index contributed by atoms with van der Waals surface area (Å²) in [5, 5.41) is 7.35. The van der Waals surface area contributed by atoms with Gasteiger partial charge < -0.3 is 10.1 Å². The fourth-order valence-corrected chi connectivity index (χ4v) is 4.18. The van der Waals surface area contributed by atoms with Gasteiger partial charge in [-0.2, -0.15) is 0 Å². The summed E-state index contributed by atoms with van der Waals surface area (Å²) in [5.41, 5.74) is 1.09. The lowest BCUT2D eigenvalue weighted by Crippen LogP contribution is -2.56. The fourth-order valence-electron chi connectivity index (χ4n) is 3.79. The molecule has 1 aliphatic rings. The molecule has 7 heteroatoms. The van der Waals surface area contributed by atoms with Crippen molar-refractivity contribution in [3.63, 3.8) is 0 Å². The highest BCUT2D eigenvalue weighted by Gasteiger charge is 2.49. The normalized spacial score (nSPS) is 19.0. The second-order valence-corrected chi connectivity index (χ2v) is 8.58. The average Bonchev–Trinajstić information content (AvgIpc) is 2.90. The summed E-state index contributed by atoms with van der Waals surface area (Å²) in [6, 6.07) is 12.0. The van der Waals surface area contributed by atoms with E-state index in [-0.39, 0.29) is 11.8 Å². The van der Waals surface area contributed by atoms with Crippen LogP contribution in [0.25, 0.3) is 0 Å². The predicted octanol–water partition coefficient (Wildman–Crippen LogP) is 4.56. The zero-order chi connectivity index (χ0) is 21.2. The van der Waals surface area contributed by atoms with Gasteiger partial charge in [-0.25, -0.2) is 0 Å². The number of hydrogen-bond acceptors (Lipinski definition) is 4. The average molecular weight is 435 g/mol. The third-order valence-electron chi connectivity index (χ3n) is 5.05. The number of methoxy groups -OCH3 is 1. The monoisotopic (exact) mass is 434 g/mol. The van der Waals surface area contributed by atoms with Crippen molar-refractivity contribution in [2.24, 2.45) is 5.92 Å². The van der Waals surface area contributed by atoms with Crippen LogP contribution in [0.15, 0.2) is 42.5 Å². The van der Waals surface area contributed by atoms with Gasteiger partial charge in [0.15, 0.2) is 0 Å². The summed E-state index contributed by atoms with van der Waals surface area (Å²) >= 11 is 12.3. The fraction of sp³-hybridized carbons (Fsp3) is 0.364. The number of hydrogen-bond donors (Lipinski definition) is 2. The van der Waals surface area contributed by atoms with Gasteiger partial charge in [-0.05, 0) is 42.2 Å². The highest BCUT2D eigenvalue weighted by atomic mass is 35.5. The van der Waals surface area contributed by atoms with Gasteiger partial charge in [0.2, 0.25) is 5.91 Å². The number of rotatable bonds is 7. The first-order chi connectivity index (χ1) is 13.7. The van der Waals surface area contributed by atoms with Crippen LogP contribution in [0.4, 0.5) is 5.69 Å². The first-order valence-electron chi connectivity index (χ1n) is 9.46. The molecule has 2 aromatic carbocycles. The molecule has 1 heterocycles. The molecule has 29 heavy (non-hydrogen) atoms. The SMILES string of the molecule is COC(=O)C(CC(C)C)NC1(Cc2cccc(Cl)c2)C(=O)Nc2cc(Cl)ccc21. The summed E-state index contributed by atoms with van der Waals surface area (Å²) in [4.78, 5) is 25.8. The van der Waals surface area contributed by atoms with Gasteiger partial charge in [-0.1, -0.05) is 55.2 Å². The quantitative estimate of drug-likeness (QED) is 0.626. The van der Waals surface area contributed by atoms with Crippen molar-refractivity contribution in [3.8, 4) is 0 Å². The smallest absolute Gasteiger partial charge is 0.322 e. The molecule has 2 aromatic rings. The molecule has 2 N–H and O–H groups in total. The van der Waals surface area contributed by atoms with E-state index < -0.39 is 17.6 Å². The van der Waals surface area contributed by atoms with E-state index in [0.29, 0.717) is 28.6 Å². The number of amides is 1. The lowest BCUT2D eigenvalue weighted by Gasteiger charge is -2.33. The summed E-state index contributed by atoms with van der Waals surface area (Å²) in [6.45, 7) is 4.04. The molecule has 1 aliphatic heterocycles. The lowest BCUT2D eigenvalue weighted by atomic mass is 9.83. The molecular weight excluding hydrogens is 411 g/mol. The minimum absolute atomic E-state index is 0.226. The van der Waals surface area contributed by atoms with Gasteiger partial charge in [0.25, 0.3) is 0 Å². The number of carbonyl (C=O) groups excluding carboxylic acids is 2. The zero-order valence-electron chi connectivity index (χ0n) is 16.6. The molecule has 2 unspecified atom stereocenters. The highest BCUT2D eigenvalue weighted by Crippen LogP contribution is 2.40. The van der Waals surface area contributed by atoms with Crippen molar-refractivity contribution >= 4 is 40.8 Å². The molecule has 5 nitrogen and oxygen atoms in total. The van der Waals surface area contributed by atoms with Crippen LogP contribution in [0.5, 0.6) is 0 Å². The maximum Gasteiger partial charge on any atom is 0.322 e. The molecule has 0 radical (unpaired) electrons. The van der Waals surface area contributed by atoms with E-state index in [9.17, 15) is 9.59 Å². The molecule has 0 spiro atoms. The number of ether oxygens (including phenoxy) is 1. The highest BCUT2D eigenvalue weighted by molar-refractivity contribution is 6.31. The largest absolute Gasteiger partial charge is 0.468 e. The number of fused-ring (bicyclic) bond motifs is 1. The van der Waals surface area contributed by atoms with Crippen molar-refractivity contribution < 1.29 is 14.3 Å². The van der Waals surface area contributed by atoms with Crippen molar-refractivity contribution in [2.75, 3.05) is 12.4 Å². The molecule has 0 bridgehead atoms. The van der Waals surface area contributed by atoms with Gasteiger partial charge in [0.1, 0.15) is 11.6 Å². The second kappa shape index (κ2) is 8.74. The molecule has 2 atom stereocenters.